The second-order valence-electron chi connectivity index (χ2n) is 15.3. The number of anilines is 2. The van der Waals surface area contributed by atoms with Crippen LogP contribution in [0.15, 0.2) is 134 Å². The summed E-state index contributed by atoms with van der Waals surface area (Å²) in [5.41, 5.74) is 21.1. The van der Waals surface area contributed by atoms with Crippen molar-refractivity contribution in [3.63, 3.8) is 0 Å². The lowest BCUT2D eigenvalue weighted by atomic mass is 9.79. The number of H-pyrrole nitrogens is 2. The van der Waals surface area contributed by atoms with Crippen LogP contribution >= 0.6 is 11.6 Å². The largest absolute Gasteiger partial charge is 0.494 e. The van der Waals surface area contributed by atoms with E-state index in [0.29, 0.717) is 33.8 Å². The number of aromatic nitrogens is 10. The van der Waals surface area contributed by atoms with Crippen LogP contribution in [0, 0.1) is 0 Å². The van der Waals surface area contributed by atoms with Gasteiger partial charge in [0.2, 0.25) is 0 Å². The first-order valence-electron chi connectivity index (χ1n) is 19.2. The second kappa shape index (κ2) is 15.3. The summed E-state index contributed by atoms with van der Waals surface area (Å²) in [7, 11) is -0.311. The normalized spacial score (nSPS) is 14.3. The van der Waals surface area contributed by atoms with Gasteiger partial charge in [-0.15, -0.1) is 0 Å². The van der Waals surface area contributed by atoms with E-state index in [1.807, 2.05) is 102 Å². The van der Waals surface area contributed by atoms with Crippen molar-refractivity contribution in [2.24, 2.45) is 0 Å². The molecule has 0 saturated carbocycles. The van der Waals surface area contributed by atoms with Gasteiger partial charge in [-0.1, -0.05) is 90.5 Å². The number of benzene rings is 4. The summed E-state index contributed by atoms with van der Waals surface area (Å²) in [6, 6.07) is 32.0. The van der Waals surface area contributed by atoms with Crippen LogP contribution in [-0.2, 0) is 9.31 Å². The van der Waals surface area contributed by atoms with Crippen molar-refractivity contribution < 1.29 is 9.31 Å². The predicted octanol–water partition coefficient (Wildman–Crippen LogP) is 8.02. The van der Waals surface area contributed by atoms with Crippen molar-refractivity contribution in [2.75, 3.05) is 11.5 Å². The molecular weight excluding hydrogens is 775 g/mol. The molecule has 0 bridgehead atoms. The third kappa shape index (κ3) is 7.08. The zero-order valence-electron chi connectivity index (χ0n) is 33.2. The van der Waals surface area contributed by atoms with Crippen LogP contribution < -0.4 is 16.9 Å². The number of fused-ring (bicyclic) bond motifs is 4. The summed E-state index contributed by atoms with van der Waals surface area (Å²) in [4.78, 5) is 17.4. The number of halogens is 1. The molecule has 11 rings (SSSR count). The number of nitrogen functional groups attached to an aromatic ring is 2. The number of imidazole rings is 2. The highest BCUT2D eigenvalue weighted by Crippen LogP contribution is 2.37. The molecule has 1 saturated heterocycles. The number of hydrogen-bond acceptors (Lipinski definition) is 10. The molecule has 6 N–H and O–H groups in total. The highest BCUT2D eigenvalue weighted by Gasteiger charge is 2.51. The lowest BCUT2D eigenvalue weighted by Gasteiger charge is -2.32. The van der Waals surface area contributed by atoms with Crippen LogP contribution in [0.1, 0.15) is 27.7 Å². The van der Waals surface area contributed by atoms with Crippen molar-refractivity contribution in [3.8, 4) is 33.8 Å². The topological polar surface area (TPSA) is 188 Å². The summed E-state index contributed by atoms with van der Waals surface area (Å²) in [6.07, 6.45) is 10.7. The Morgan fingerprint density at radius 2 is 1.13 bits per heavy atom. The van der Waals surface area contributed by atoms with E-state index < -0.39 is 0 Å². The summed E-state index contributed by atoms with van der Waals surface area (Å²) in [5, 5.41) is 16.7. The molecule has 6 aromatic heterocycles. The molecule has 0 amide bonds. The van der Waals surface area contributed by atoms with E-state index in [-0.39, 0.29) is 18.3 Å². The Kier molecular flexibility index (Phi) is 9.79. The molecule has 0 unspecified atom stereocenters. The van der Waals surface area contributed by atoms with Gasteiger partial charge in [0.15, 0.2) is 22.9 Å². The molecule has 0 atom stereocenters. The lowest BCUT2D eigenvalue weighted by molar-refractivity contribution is 0.00578. The Morgan fingerprint density at radius 3 is 1.75 bits per heavy atom. The van der Waals surface area contributed by atoms with Crippen molar-refractivity contribution in [2.45, 2.75) is 38.9 Å². The van der Waals surface area contributed by atoms with Crippen molar-refractivity contribution in [1.29, 1.82) is 0 Å². The maximum absolute atomic E-state index is 6.29. The average Bonchev–Trinajstić information content (AvgIpc) is 4.11. The summed E-state index contributed by atoms with van der Waals surface area (Å²) >= 11 is 6.29. The molecule has 10 aromatic rings. The van der Waals surface area contributed by atoms with Crippen LogP contribution in [0.2, 0.25) is 5.15 Å². The maximum atomic E-state index is 6.29. The Bertz CT molecular complexity index is 3110. The minimum atomic E-state index is -0.311. The van der Waals surface area contributed by atoms with Crippen LogP contribution in [0.5, 0.6) is 0 Å². The first-order valence-corrected chi connectivity index (χ1v) is 19.6. The average molecular weight is 815 g/mol. The van der Waals surface area contributed by atoms with Gasteiger partial charge in [0.05, 0.1) is 46.0 Å². The minimum absolute atomic E-state index is 0.303. The smallest absolute Gasteiger partial charge is 0.399 e. The number of aromatic amines is 2. The summed E-state index contributed by atoms with van der Waals surface area (Å²) in [5.74, 6) is 0.787. The van der Waals surface area contributed by atoms with Crippen molar-refractivity contribution in [3.05, 3.63) is 139 Å². The lowest BCUT2D eigenvalue weighted by Crippen LogP contribution is -2.41. The van der Waals surface area contributed by atoms with E-state index in [9.17, 15) is 0 Å². The fraction of sp³-hybridized carbons (Fsp3) is 0.136. The molecule has 7 heterocycles. The van der Waals surface area contributed by atoms with E-state index in [2.05, 4.69) is 86.2 Å². The zero-order valence-corrected chi connectivity index (χ0v) is 34.0. The zero-order chi connectivity index (χ0) is 41.6. The van der Waals surface area contributed by atoms with Gasteiger partial charge in [0.1, 0.15) is 10.8 Å². The van der Waals surface area contributed by atoms with Gasteiger partial charge in [0.25, 0.3) is 0 Å². The molecular formula is C44H40BClN12O2. The van der Waals surface area contributed by atoms with E-state index >= 15 is 0 Å². The summed E-state index contributed by atoms with van der Waals surface area (Å²) in [6.45, 7) is 8.24. The molecule has 16 heteroatoms. The molecule has 0 aliphatic carbocycles. The third-order valence-electron chi connectivity index (χ3n) is 10.9. The van der Waals surface area contributed by atoms with Crippen molar-refractivity contribution >= 4 is 68.9 Å². The molecule has 1 aliphatic rings. The second-order valence-corrected chi connectivity index (χ2v) is 15.6. The Hall–Kier alpha value is -7.07. The molecule has 60 heavy (non-hydrogen) atoms. The van der Waals surface area contributed by atoms with Crippen LogP contribution in [0.25, 0.3) is 66.9 Å². The first-order chi connectivity index (χ1) is 29.0. The fourth-order valence-electron chi connectivity index (χ4n) is 7.02. The number of nitrogens with zero attached hydrogens (tertiary/aromatic N) is 8. The molecule has 4 aromatic carbocycles. The van der Waals surface area contributed by atoms with Crippen molar-refractivity contribution in [1.82, 2.24) is 49.1 Å². The van der Waals surface area contributed by atoms with Gasteiger partial charge in [-0.25, -0.2) is 19.9 Å². The molecule has 298 valence electrons. The molecule has 1 aliphatic heterocycles. The Balaban J connectivity index is 0.000000119. The van der Waals surface area contributed by atoms with Gasteiger partial charge in [-0.05, 0) is 51.4 Å². The molecule has 0 radical (unpaired) electrons. The molecule has 0 spiro atoms. The van der Waals surface area contributed by atoms with E-state index in [0.717, 1.165) is 55.3 Å². The van der Waals surface area contributed by atoms with Crippen LogP contribution in [0.3, 0.4) is 0 Å². The Morgan fingerprint density at radius 1 is 0.617 bits per heavy atom. The standard InChI is InChI=1S/C19H14N6.C13H17BN2O2.C12H9ClN4/c20-18-19-21-8-9-25(19)17(16(23-18)12-4-2-1-3-5-12)13-6-7-15-14(10-13)11-22-24-15;1-12(2)13(3,4)18-14(17-12)10-5-6-11-9(7-10)8-15-16-11;13-10-9(8-4-2-1-3-5-8)16-11(14)12-15-6-7-17(10)12/h1-11H,(H2,20,23)(H,22,24);5-8H,1-4H3,(H,15,16);1-7H,(H2,14,16). The van der Waals surface area contributed by atoms with Gasteiger partial charge >= 0.3 is 7.12 Å². The first kappa shape index (κ1) is 38.5. The number of hydrogen-bond donors (Lipinski definition) is 4. The van der Waals surface area contributed by atoms with Gasteiger partial charge in [-0.3, -0.25) is 19.0 Å². The third-order valence-corrected chi connectivity index (χ3v) is 11.2. The van der Waals surface area contributed by atoms with E-state index in [4.69, 9.17) is 32.4 Å². The van der Waals surface area contributed by atoms with E-state index in [1.54, 1.807) is 23.0 Å². The highest BCUT2D eigenvalue weighted by molar-refractivity contribution is 6.62. The van der Waals surface area contributed by atoms with Gasteiger partial charge in [0, 0.05) is 52.3 Å². The SMILES string of the molecule is CC1(C)OB(c2ccc3[nH]ncc3c2)OC1(C)C.Nc1nc(-c2ccccc2)c(-c2ccc3[nH]ncc3c2)n2ccnc12.Nc1nc(-c2ccccc2)c(Cl)n2ccnc12. The number of nitrogens with one attached hydrogen (secondary N) is 2. The predicted molar refractivity (Wildman–Crippen MR) is 238 cm³/mol. The van der Waals surface area contributed by atoms with Crippen LogP contribution in [0.4, 0.5) is 11.6 Å². The molecule has 14 nitrogen and oxygen atoms in total. The maximum Gasteiger partial charge on any atom is 0.494 e. The number of nitrogens with two attached hydrogens (primary N) is 2. The highest BCUT2D eigenvalue weighted by atomic mass is 35.5. The number of rotatable bonds is 4. The minimum Gasteiger partial charge on any atom is -0.399 e. The molecule has 1 fully saturated rings. The monoisotopic (exact) mass is 814 g/mol. The summed E-state index contributed by atoms with van der Waals surface area (Å²) < 4.78 is 15.8. The quantitative estimate of drug-likeness (QED) is 0.127. The van der Waals surface area contributed by atoms with E-state index in [1.165, 1.54) is 0 Å². The fourth-order valence-corrected chi connectivity index (χ4v) is 7.31. The van der Waals surface area contributed by atoms with Gasteiger partial charge < -0.3 is 20.8 Å². The Labute approximate surface area is 349 Å². The van der Waals surface area contributed by atoms with Gasteiger partial charge in [-0.2, -0.15) is 10.2 Å². The van der Waals surface area contributed by atoms with Crippen LogP contribution in [-0.4, -0.2) is 67.5 Å².